The third kappa shape index (κ3) is 4.77. The van der Waals surface area contributed by atoms with E-state index < -0.39 is 0 Å². The van der Waals surface area contributed by atoms with Crippen LogP contribution in [0.2, 0.25) is 0 Å². The Kier molecular flexibility index (Phi) is 6.88. The lowest BCUT2D eigenvalue weighted by Crippen LogP contribution is -2.45. The number of anilines is 1. The SMILES string of the molecule is Cc1ccc(-n2c(S[C@@H](C)C(=O)N(C(C)C)C(C)C)nnc2N2CCCC2)cc1. The number of nitrogens with zero attached hydrogens (tertiary/aromatic N) is 5. The molecule has 2 aromatic rings. The fraction of sp³-hybridized carbons (Fsp3) is 0.591. The molecule has 3 rings (SSSR count). The quantitative estimate of drug-likeness (QED) is 0.631. The van der Waals surface area contributed by atoms with E-state index in [4.69, 9.17) is 0 Å². The fourth-order valence-corrected chi connectivity index (χ4v) is 4.82. The lowest BCUT2D eigenvalue weighted by Gasteiger charge is -2.32. The van der Waals surface area contributed by atoms with Gasteiger partial charge in [0, 0.05) is 25.2 Å². The first-order chi connectivity index (χ1) is 13.8. The van der Waals surface area contributed by atoms with Crippen LogP contribution in [0, 0.1) is 6.92 Å². The first-order valence-electron chi connectivity index (χ1n) is 10.6. The molecular weight excluding hydrogens is 382 g/mol. The maximum absolute atomic E-state index is 13.1. The van der Waals surface area contributed by atoms with E-state index in [0.717, 1.165) is 29.9 Å². The second kappa shape index (κ2) is 9.20. The van der Waals surface area contributed by atoms with Gasteiger partial charge in [0.15, 0.2) is 5.16 Å². The zero-order chi connectivity index (χ0) is 21.1. The number of rotatable bonds is 7. The largest absolute Gasteiger partial charge is 0.341 e. The highest BCUT2D eigenvalue weighted by Gasteiger charge is 2.29. The number of hydrogen-bond acceptors (Lipinski definition) is 5. The Hall–Kier alpha value is -2.02. The van der Waals surface area contributed by atoms with Crippen molar-refractivity contribution in [2.75, 3.05) is 18.0 Å². The number of carbonyl (C=O) groups excluding carboxylic acids is 1. The molecule has 1 aromatic heterocycles. The van der Waals surface area contributed by atoms with Crippen LogP contribution in [0.25, 0.3) is 5.69 Å². The van der Waals surface area contributed by atoms with Crippen molar-refractivity contribution in [1.29, 1.82) is 0 Å². The van der Waals surface area contributed by atoms with Gasteiger partial charge in [0.25, 0.3) is 0 Å². The molecule has 6 nitrogen and oxygen atoms in total. The Morgan fingerprint density at radius 3 is 2.14 bits per heavy atom. The third-order valence-corrected chi connectivity index (χ3v) is 6.32. The van der Waals surface area contributed by atoms with Crippen molar-refractivity contribution in [3.8, 4) is 5.69 Å². The zero-order valence-electron chi connectivity index (χ0n) is 18.4. The van der Waals surface area contributed by atoms with Crippen LogP contribution in [-0.2, 0) is 4.79 Å². The first-order valence-corrected chi connectivity index (χ1v) is 11.4. The van der Waals surface area contributed by atoms with E-state index in [9.17, 15) is 4.79 Å². The molecule has 0 unspecified atom stereocenters. The van der Waals surface area contributed by atoms with E-state index in [-0.39, 0.29) is 23.2 Å². The Bertz CT molecular complexity index is 816. The molecule has 0 bridgehead atoms. The van der Waals surface area contributed by atoms with Gasteiger partial charge in [-0.15, -0.1) is 10.2 Å². The van der Waals surface area contributed by atoms with E-state index in [1.54, 1.807) is 0 Å². The monoisotopic (exact) mass is 415 g/mol. The van der Waals surface area contributed by atoms with Gasteiger partial charge in [-0.2, -0.15) is 0 Å². The molecule has 1 aliphatic heterocycles. The predicted molar refractivity (Wildman–Crippen MR) is 120 cm³/mol. The highest BCUT2D eigenvalue weighted by Crippen LogP contribution is 2.31. The fourth-order valence-electron chi connectivity index (χ4n) is 3.90. The van der Waals surface area contributed by atoms with E-state index in [1.807, 2.05) is 11.8 Å². The maximum Gasteiger partial charge on any atom is 0.236 e. The van der Waals surface area contributed by atoms with Gasteiger partial charge in [-0.3, -0.25) is 9.36 Å². The molecule has 7 heteroatoms. The summed E-state index contributed by atoms with van der Waals surface area (Å²) < 4.78 is 2.11. The molecule has 2 heterocycles. The average molecular weight is 416 g/mol. The van der Waals surface area contributed by atoms with E-state index >= 15 is 0 Å². The summed E-state index contributed by atoms with van der Waals surface area (Å²) in [5.74, 6) is 1.01. The van der Waals surface area contributed by atoms with Crippen molar-refractivity contribution in [2.24, 2.45) is 0 Å². The second-order valence-electron chi connectivity index (χ2n) is 8.34. The van der Waals surface area contributed by atoms with Gasteiger partial charge in [-0.25, -0.2) is 0 Å². The molecule has 29 heavy (non-hydrogen) atoms. The second-order valence-corrected chi connectivity index (χ2v) is 9.65. The molecule has 1 saturated heterocycles. The minimum atomic E-state index is -0.236. The number of aromatic nitrogens is 3. The smallest absolute Gasteiger partial charge is 0.236 e. The van der Waals surface area contributed by atoms with Gasteiger partial charge in [0.05, 0.1) is 10.9 Å². The van der Waals surface area contributed by atoms with Crippen LogP contribution in [0.3, 0.4) is 0 Å². The van der Waals surface area contributed by atoms with Gasteiger partial charge >= 0.3 is 0 Å². The standard InChI is InChI=1S/C22H33N5OS/c1-15(2)26(16(3)4)20(28)18(6)29-22-24-23-21(25-13-7-8-14-25)27(22)19-11-9-17(5)10-12-19/h9-12,15-16,18H,7-8,13-14H2,1-6H3/t18-/m0/s1. The van der Waals surface area contributed by atoms with Gasteiger partial charge in [0.1, 0.15) is 0 Å². The van der Waals surface area contributed by atoms with Gasteiger partial charge in [-0.1, -0.05) is 29.5 Å². The number of benzene rings is 1. The Morgan fingerprint density at radius 1 is 1.00 bits per heavy atom. The summed E-state index contributed by atoms with van der Waals surface area (Å²) in [6, 6.07) is 8.74. The van der Waals surface area contributed by atoms with Crippen molar-refractivity contribution in [3.63, 3.8) is 0 Å². The number of thioether (sulfide) groups is 1. The van der Waals surface area contributed by atoms with Crippen LogP contribution in [0.4, 0.5) is 5.95 Å². The summed E-state index contributed by atoms with van der Waals surface area (Å²) in [7, 11) is 0. The van der Waals surface area contributed by atoms with Crippen molar-refractivity contribution in [1.82, 2.24) is 19.7 Å². The average Bonchev–Trinajstić information content (AvgIpc) is 3.31. The number of carbonyl (C=O) groups is 1. The molecule has 158 valence electrons. The van der Waals surface area contributed by atoms with Crippen molar-refractivity contribution in [3.05, 3.63) is 29.8 Å². The van der Waals surface area contributed by atoms with Crippen molar-refractivity contribution < 1.29 is 4.79 Å². The predicted octanol–water partition coefficient (Wildman–Crippen LogP) is 4.30. The molecule has 1 fully saturated rings. The summed E-state index contributed by atoms with van der Waals surface area (Å²) in [4.78, 5) is 17.4. The van der Waals surface area contributed by atoms with Crippen LogP contribution >= 0.6 is 11.8 Å². The molecule has 1 aromatic carbocycles. The molecular formula is C22H33N5OS. The van der Waals surface area contributed by atoms with E-state index in [2.05, 4.69) is 78.5 Å². The van der Waals surface area contributed by atoms with Crippen molar-refractivity contribution in [2.45, 2.75) is 76.9 Å². The number of hydrogen-bond donors (Lipinski definition) is 0. The summed E-state index contributed by atoms with van der Waals surface area (Å²) in [5.41, 5.74) is 2.25. The first kappa shape index (κ1) is 21.7. The minimum absolute atomic E-state index is 0.140. The van der Waals surface area contributed by atoms with Crippen molar-refractivity contribution >= 4 is 23.6 Å². The summed E-state index contributed by atoms with van der Waals surface area (Å²) in [5, 5.41) is 9.54. The molecule has 0 radical (unpaired) electrons. The van der Waals surface area contributed by atoms with E-state index in [0.29, 0.717) is 0 Å². The Balaban J connectivity index is 1.92. The van der Waals surface area contributed by atoms with E-state index in [1.165, 1.54) is 30.2 Å². The van der Waals surface area contributed by atoms with Gasteiger partial charge < -0.3 is 9.80 Å². The molecule has 1 aliphatic rings. The van der Waals surface area contributed by atoms with Crippen LogP contribution < -0.4 is 4.90 Å². The normalized spacial score (nSPS) is 15.4. The molecule has 1 atom stereocenters. The lowest BCUT2D eigenvalue weighted by molar-refractivity contribution is -0.133. The zero-order valence-corrected chi connectivity index (χ0v) is 19.2. The molecule has 0 spiro atoms. The Morgan fingerprint density at radius 2 is 1.59 bits per heavy atom. The third-order valence-electron chi connectivity index (χ3n) is 5.29. The van der Waals surface area contributed by atoms with Gasteiger partial charge in [-0.05, 0) is 66.5 Å². The van der Waals surface area contributed by atoms with Crippen LogP contribution in [0.5, 0.6) is 0 Å². The van der Waals surface area contributed by atoms with Crippen LogP contribution in [0.1, 0.15) is 53.0 Å². The lowest BCUT2D eigenvalue weighted by atomic mass is 10.2. The molecule has 1 amide bonds. The van der Waals surface area contributed by atoms with Crippen LogP contribution in [-0.4, -0.2) is 56.0 Å². The number of amides is 1. The van der Waals surface area contributed by atoms with Gasteiger partial charge in [0.2, 0.25) is 11.9 Å². The molecule has 0 saturated carbocycles. The Labute approximate surface area is 178 Å². The minimum Gasteiger partial charge on any atom is -0.341 e. The molecule has 0 aliphatic carbocycles. The number of aryl methyl sites for hydroxylation is 1. The summed E-state index contributed by atoms with van der Waals surface area (Å²) in [6.07, 6.45) is 2.35. The highest BCUT2D eigenvalue weighted by atomic mass is 32.2. The molecule has 0 N–H and O–H groups in total. The summed E-state index contributed by atoms with van der Waals surface area (Å²) in [6.45, 7) is 14.3. The maximum atomic E-state index is 13.1. The topological polar surface area (TPSA) is 54.3 Å². The highest BCUT2D eigenvalue weighted by molar-refractivity contribution is 8.00. The summed E-state index contributed by atoms with van der Waals surface area (Å²) >= 11 is 1.49. The van der Waals surface area contributed by atoms with Crippen LogP contribution in [0.15, 0.2) is 29.4 Å².